The van der Waals surface area contributed by atoms with Gasteiger partial charge in [-0.25, -0.2) is 4.98 Å². The summed E-state index contributed by atoms with van der Waals surface area (Å²) in [5, 5.41) is 11.7. The molecule has 6 rings (SSSR count). The number of para-hydroxylation sites is 1. The molecular weight excluding hydrogens is 504 g/mol. The number of nitrogens with one attached hydrogen (secondary N) is 1. The van der Waals surface area contributed by atoms with Crippen molar-refractivity contribution in [2.75, 3.05) is 26.2 Å². The first kappa shape index (κ1) is 24.0. The van der Waals surface area contributed by atoms with Gasteiger partial charge in [0.25, 0.3) is 5.91 Å². The molecule has 1 unspecified atom stereocenters. The number of fused-ring (bicyclic) bond motifs is 2. The third-order valence-electron chi connectivity index (χ3n) is 6.61. The molecule has 196 valence electrons. The SMILES string of the molecule is COc1cc2nc(N3C(=O)C(O)=C(C(=O)c4cc5cccc(OC)c5o4)C3c3cccnc3)[nH]c2cc1OC. The molecule has 1 atom stereocenters. The van der Waals surface area contributed by atoms with Crippen LogP contribution < -0.4 is 19.1 Å². The van der Waals surface area contributed by atoms with Gasteiger partial charge in [-0.15, -0.1) is 0 Å². The van der Waals surface area contributed by atoms with E-state index in [2.05, 4.69) is 15.0 Å². The van der Waals surface area contributed by atoms with Crippen molar-refractivity contribution in [3.63, 3.8) is 0 Å². The number of Topliss-reactive ketones (excluding diaryl/α,β-unsaturated/α-hetero) is 1. The van der Waals surface area contributed by atoms with Gasteiger partial charge in [0.2, 0.25) is 11.7 Å². The lowest BCUT2D eigenvalue weighted by atomic mass is 9.96. The smallest absolute Gasteiger partial charge is 0.296 e. The second-order valence-corrected chi connectivity index (χ2v) is 8.73. The van der Waals surface area contributed by atoms with E-state index in [1.807, 2.05) is 0 Å². The number of aromatic amines is 1. The van der Waals surface area contributed by atoms with E-state index in [0.29, 0.717) is 44.8 Å². The average Bonchev–Trinajstić information content (AvgIpc) is 3.65. The number of aromatic nitrogens is 3. The van der Waals surface area contributed by atoms with E-state index in [1.165, 1.54) is 32.4 Å². The predicted molar refractivity (Wildman–Crippen MR) is 140 cm³/mol. The number of imidazole rings is 1. The third-order valence-corrected chi connectivity index (χ3v) is 6.61. The van der Waals surface area contributed by atoms with E-state index < -0.39 is 23.5 Å². The maximum atomic E-state index is 13.9. The Morgan fingerprint density at radius 3 is 2.51 bits per heavy atom. The first-order valence-electron chi connectivity index (χ1n) is 11.8. The Kier molecular flexibility index (Phi) is 5.68. The van der Waals surface area contributed by atoms with Gasteiger partial charge in [-0.2, -0.15) is 0 Å². The second kappa shape index (κ2) is 9.21. The third kappa shape index (κ3) is 3.74. The van der Waals surface area contributed by atoms with E-state index in [9.17, 15) is 14.7 Å². The molecule has 2 N–H and O–H groups in total. The number of ketones is 1. The second-order valence-electron chi connectivity index (χ2n) is 8.73. The van der Waals surface area contributed by atoms with Crippen LogP contribution in [0.3, 0.4) is 0 Å². The fourth-order valence-corrected chi connectivity index (χ4v) is 4.79. The first-order valence-corrected chi connectivity index (χ1v) is 11.8. The fourth-order valence-electron chi connectivity index (χ4n) is 4.79. The van der Waals surface area contributed by atoms with Crippen LogP contribution in [0.25, 0.3) is 22.0 Å². The number of rotatable bonds is 7. The maximum Gasteiger partial charge on any atom is 0.296 e. The average molecular weight is 527 g/mol. The van der Waals surface area contributed by atoms with Crippen molar-refractivity contribution in [2.24, 2.45) is 0 Å². The minimum atomic E-state index is -1.04. The van der Waals surface area contributed by atoms with Crippen molar-refractivity contribution in [2.45, 2.75) is 6.04 Å². The Morgan fingerprint density at radius 2 is 1.79 bits per heavy atom. The summed E-state index contributed by atoms with van der Waals surface area (Å²) in [6.07, 6.45) is 3.09. The number of pyridine rings is 1. The molecular formula is C28H22N4O7. The van der Waals surface area contributed by atoms with Gasteiger partial charge >= 0.3 is 0 Å². The Balaban J connectivity index is 1.49. The van der Waals surface area contributed by atoms with Crippen LogP contribution in [0.2, 0.25) is 0 Å². The Hall–Kier alpha value is -5.32. The highest BCUT2D eigenvalue weighted by Crippen LogP contribution is 2.43. The molecule has 0 radical (unpaired) electrons. The molecule has 0 spiro atoms. The summed E-state index contributed by atoms with van der Waals surface area (Å²) in [6, 6.07) is 12.5. The number of ether oxygens (including phenoxy) is 3. The monoisotopic (exact) mass is 526 g/mol. The summed E-state index contributed by atoms with van der Waals surface area (Å²) in [7, 11) is 4.52. The molecule has 0 aliphatic carbocycles. The molecule has 39 heavy (non-hydrogen) atoms. The molecule has 1 aliphatic rings. The molecule has 11 heteroatoms. The van der Waals surface area contributed by atoms with Gasteiger partial charge in [-0.3, -0.25) is 19.5 Å². The number of carbonyl (C=O) groups excluding carboxylic acids is 2. The minimum absolute atomic E-state index is 0.0568. The largest absolute Gasteiger partial charge is 0.503 e. The summed E-state index contributed by atoms with van der Waals surface area (Å²) < 4.78 is 21.9. The standard InChI is InChI=1S/C28H22N4O7/c1-36-18-8-4-6-14-10-21(39-26(14)18)24(33)22-23(15-7-5-9-29-13-15)32(27(35)25(22)34)28-30-16-11-19(37-2)20(38-3)12-17(16)31-28/h4-13,23,34H,1-3H3,(H,30,31). The van der Waals surface area contributed by atoms with Crippen LogP contribution in [0.5, 0.6) is 17.2 Å². The van der Waals surface area contributed by atoms with E-state index in [1.54, 1.807) is 54.7 Å². The Bertz CT molecular complexity index is 1750. The van der Waals surface area contributed by atoms with E-state index >= 15 is 0 Å². The number of furan rings is 1. The van der Waals surface area contributed by atoms with Gasteiger partial charge in [0.15, 0.2) is 34.4 Å². The summed E-state index contributed by atoms with van der Waals surface area (Å²) in [4.78, 5) is 40.4. The number of methoxy groups -OCH3 is 3. The number of aliphatic hydroxyl groups is 1. The molecule has 1 aliphatic heterocycles. The van der Waals surface area contributed by atoms with Crippen LogP contribution in [-0.2, 0) is 4.79 Å². The summed E-state index contributed by atoms with van der Waals surface area (Å²) in [6.45, 7) is 0. The molecule has 2 aromatic carbocycles. The fraction of sp³-hybridized carbons (Fsp3) is 0.143. The van der Waals surface area contributed by atoms with Crippen molar-refractivity contribution >= 4 is 39.6 Å². The number of aliphatic hydroxyl groups excluding tert-OH is 1. The number of nitrogens with zero attached hydrogens (tertiary/aromatic N) is 3. The van der Waals surface area contributed by atoms with Crippen molar-refractivity contribution in [1.82, 2.24) is 15.0 Å². The summed E-state index contributed by atoms with van der Waals surface area (Å²) >= 11 is 0. The zero-order valence-corrected chi connectivity index (χ0v) is 21.1. The lowest BCUT2D eigenvalue weighted by molar-refractivity contribution is -0.117. The van der Waals surface area contributed by atoms with Crippen LogP contribution in [0, 0.1) is 0 Å². The van der Waals surface area contributed by atoms with Gasteiger partial charge in [-0.1, -0.05) is 18.2 Å². The molecule has 4 heterocycles. The van der Waals surface area contributed by atoms with E-state index in [4.69, 9.17) is 18.6 Å². The number of hydrogen-bond donors (Lipinski definition) is 2. The van der Waals surface area contributed by atoms with Crippen molar-refractivity contribution in [3.05, 3.63) is 83.6 Å². The quantitative estimate of drug-likeness (QED) is 0.293. The molecule has 1 amide bonds. The molecule has 11 nitrogen and oxygen atoms in total. The number of anilines is 1. The number of amides is 1. The zero-order valence-electron chi connectivity index (χ0n) is 21.1. The van der Waals surface area contributed by atoms with Crippen LogP contribution in [-0.4, -0.2) is 53.1 Å². The highest BCUT2D eigenvalue weighted by molar-refractivity contribution is 6.20. The van der Waals surface area contributed by atoms with Crippen LogP contribution in [0.1, 0.15) is 22.2 Å². The Morgan fingerprint density at radius 1 is 1.03 bits per heavy atom. The van der Waals surface area contributed by atoms with Crippen LogP contribution in [0.15, 0.2) is 76.7 Å². The highest BCUT2D eigenvalue weighted by atomic mass is 16.5. The van der Waals surface area contributed by atoms with E-state index in [0.717, 1.165) is 0 Å². The molecule has 0 saturated carbocycles. The van der Waals surface area contributed by atoms with Crippen LogP contribution >= 0.6 is 0 Å². The molecule has 0 bridgehead atoms. The first-order chi connectivity index (χ1) is 18.9. The van der Waals surface area contributed by atoms with Gasteiger partial charge in [0.1, 0.15) is 0 Å². The summed E-state index contributed by atoms with van der Waals surface area (Å²) in [5.41, 5.74) is 1.75. The van der Waals surface area contributed by atoms with Gasteiger partial charge in [0, 0.05) is 29.9 Å². The molecule has 0 fully saturated rings. The predicted octanol–water partition coefficient (Wildman–Crippen LogP) is 4.51. The lowest BCUT2D eigenvalue weighted by Crippen LogP contribution is -2.32. The van der Waals surface area contributed by atoms with Crippen molar-refractivity contribution in [3.8, 4) is 17.2 Å². The Labute approximate surface area is 221 Å². The number of benzene rings is 2. The normalized spacial score (nSPS) is 15.4. The molecule has 5 aromatic rings. The molecule has 3 aromatic heterocycles. The summed E-state index contributed by atoms with van der Waals surface area (Å²) in [5.74, 6) is -0.749. The molecule has 0 saturated heterocycles. The van der Waals surface area contributed by atoms with E-state index in [-0.39, 0.29) is 17.3 Å². The van der Waals surface area contributed by atoms with Gasteiger partial charge < -0.3 is 28.7 Å². The number of hydrogen-bond acceptors (Lipinski definition) is 9. The number of H-pyrrole nitrogens is 1. The number of carbonyl (C=O) groups is 2. The van der Waals surface area contributed by atoms with Gasteiger partial charge in [-0.05, 0) is 23.8 Å². The van der Waals surface area contributed by atoms with Gasteiger partial charge in [0.05, 0.1) is 44.0 Å². The van der Waals surface area contributed by atoms with Crippen molar-refractivity contribution < 1.29 is 33.3 Å². The zero-order chi connectivity index (χ0) is 27.3. The highest BCUT2D eigenvalue weighted by Gasteiger charge is 2.46. The maximum absolute atomic E-state index is 13.9. The topological polar surface area (TPSA) is 140 Å². The van der Waals surface area contributed by atoms with Crippen molar-refractivity contribution in [1.29, 1.82) is 0 Å². The lowest BCUT2D eigenvalue weighted by Gasteiger charge is -2.23. The van der Waals surface area contributed by atoms with Crippen LogP contribution in [0.4, 0.5) is 5.95 Å². The minimum Gasteiger partial charge on any atom is -0.503 e.